The summed E-state index contributed by atoms with van der Waals surface area (Å²) in [5.41, 5.74) is 0.423. The number of hydrogen-bond donors (Lipinski definition) is 1. The summed E-state index contributed by atoms with van der Waals surface area (Å²) >= 11 is 0. The lowest BCUT2D eigenvalue weighted by atomic mass is 10.1. The fraction of sp³-hybridized carbons (Fsp3) is 0.412. The van der Waals surface area contributed by atoms with Gasteiger partial charge in [-0.25, -0.2) is 13.1 Å². The summed E-state index contributed by atoms with van der Waals surface area (Å²) in [6.45, 7) is -0.382. The maximum Gasteiger partial charge on any atom is 0.323 e. The minimum Gasteiger partial charge on any atom is -0.469 e. The lowest BCUT2D eigenvalue weighted by Gasteiger charge is -2.18. The molecule has 0 aromatic heterocycles. The second-order valence-electron chi connectivity index (χ2n) is 5.93. The van der Waals surface area contributed by atoms with Crippen LogP contribution in [0.3, 0.4) is 0 Å². The van der Waals surface area contributed by atoms with Crippen molar-refractivity contribution < 1.29 is 37.1 Å². The van der Waals surface area contributed by atoms with Crippen LogP contribution in [-0.4, -0.2) is 69.6 Å². The molecule has 0 aliphatic carbocycles. The summed E-state index contributed by atoms with van der Waals surface area (Å²) in [6, 6.07) is 4.89. The molecule has 1 heterocycles. The number of imide groups is 1. The number of esters is 2. The molecular formula is C17H20N2O8S. The summed E-state index contributed by atoms with van der Waals surface area (Å²) < 4.78 is 35.8. The monoisotopic (exact) mass is 412 g/mol. The van der Waals surface area contributed by atoms with E-state index in [0.717, 1.165) is 12.0 Å². The highest BCUT2D eigenvalue weighted by Gasteiger charge is 2.36. The first-order valence-corrected chi connectivity index (χ1v) is 9.95. The zero-order valence-corrected chi connectivity index (χ0v) is 16.2. The first-order chi connectivity index (χ1) is 13.2. The Bertz CT molecular complexity index is 861. The molecule has 0 unspecified atom stereocenters. The van der Waals surface area contributed by atoms with Crippen LogP contribution in [-0.2, 0) is 29.1 Å². The molecule has 1 aliphatic heterocycles. The number of methoxy groups -OCH3 is 2. The van der Waals surface area contributed by atoms with Crippen LogP contribution >= 0.6 is 0 Å². The fourth-order valence-corrected chi connectivity index (χ4v) is 3.85. The maximum atomic E-state index is 12.3. The normalized spacial score (nSPS) is 14.6. The molecule has 0 radical (unpaired) electrons. The number of hydrogen-bond acceptors (Lipinski definition) is 8. The highest BCUT2D eigenvalue weighted by atomic mass is 32.2. The molecule has 1 aromatic carbocycles. The molecule has 0 saturated carbocycles. The number of carbonyl (C=O) groups is 4. The number of fused-ring (bicyclic) bond motifs is 1. The number of sulfonamides is 1. The Balaban J connectivity index is 2.02. The average molecular weight is 412 g/mol. The Kier molecular flexibility index (Phi) is 6.86. The van der Waals surface area contributed by atoms with Gasteiger partial charge in [0.2, 0.25) is 10.0 Å². The molecule has 1 atom stereocenters. The van der Waals surface area contributed by atoms with Gasteiger partial charge in [-0.2, -0.15) is 0 Å². The lowest BCUT2D eigenvalue weighted by molar-refractivity contribution is -0.144. The summed E-state index contributed by atoms with van der Waals surface area (Å²) in [7, 11) is -1.81. The van der Waals surface area contributed by atoms with Crippen molar-refractivity contribution in [2.75, 3.05) is 26.5 Å². The third-order valence-corrected chi connectivity index (χ3v) is 5.50. The van der Waals surface area contributed by atoms with E-state index in [-0.39, 0.29) is 30.5 Å². The molecule has 1 aliphatic rings. The third-order valence-electron chi connectivity index (χ3n) is 4.13. The molecule has 28 heavy (non-hydrogen) atoms. The molecule has 0 bridgehead atoms. The van der Waals surface area contributed by atoms with Gasteiger partial charge in [-0.3, -0.25) is 24.1 Å². The van der Waals surface area contributed by atoms with Crippen LogP contribution < -0.4 is 4.72 Å². The van der Waals surface area contributed by atoms with Crippen LogP contribution in [0.25, 0.3) is 0 Å². The van der Waals surface area contributed by atoms with Gasteiger partial charge in [0.15, 0.2) is 0 Å². The topological polar surface area (TPSA) is 136 Å². The van der Waals surface area contributed by atoms with Gasteiger partial charge in [-0.15, -0.1) is 0 Å². The molecule has 1 aromatic rings. The second-order valence-corrected chi connectivity index (χ2v) is 7.81. The van der Waals surface area contributed by atoms with Gasteiger partial charge >= 0.3 is 11.9 Å². The summed E-state index contributed by atoms with van der Waals surface area (Å²) in [6.07, 6.45) is -0.358. The molecule has 152 valence electrons. The SMILES string of the molecule is COC(=O)CC[C@@H](NS(=O)(=O)CCN1C(=O)c2ccccc2C1=O)C(=O)OC. The summed E-state index contributed by atoms with van der Waals surface area (Å²) in [5.74, 6) is -3.24. The van der Waals surface area contributed by atoms with Crippen LogP contribution in [0.4, 0.5) is 0 Å². The van der Waals surface area contributed by atoms with Crippen LogP contribution in [0.2, 0.25) is 0 Å². The lowest BCUT2D eigenvalue weighted by Crippen LogP contribution is -2.45. The summed E-state index contributed by atoms with van der Waals surface area (Å²) in [5, 5.41) is 0. The van der Waals surface area contributed by atoms with Crippen LogP contribution in [0.5, 0.6) is 0 Å². The molecule has 11 heteroatoms. The van der Waals surface area contributed by atoms with Crippen molar-refractivity contribution in [3.8, 4) is 0 Å². The van der Waals surface area contributed by atoms with Gasteiger partial charge in [0.25, 0.3) is 11.8 Å². The van der Waals surface area contributed by atoms with E-state index < -0.39 is 45.6 Å². The Morgan fingerprint density at radius 3 is 2.14 bits per heavy atom. The minimum atomic E-state index is -4.06. The minimum absolute atomic E-state index is 0.161. The number of nitrogens with one attached hydrogen (secondary N) is 1. The second kappa shape index (κ2) is 8.93. The Labute approximate surface area is 161 Å². The number of nitrogens with zero attached hydrogens (tertiary/aromatic N) is 1. The maximum absolute atomic E-state index is 12.3. The van der Waals surface area contributed by atoms with Crippen molar-refractivity contribution in [1.82, 2.24) is 9.62 Å². The van der Waals surface area contributed by atoms with Crippen molar-refractivity contribution in [3.05, 3.63) is 35.4 Å². The van der Waals surface area contributed by atoms with E-state index in [0.29, 0.717) is 0 Å². The van der Waals surface area contributed by atoms with Crippen LogP contribution in [0.15, 0.2) is 24.3 Å². The quantitative estimate of drug-likeness (QED) is 0.431. The standard InChI is InChI=1S/C17H20N2O8S/c1-26-14(20)8-7-13(17(23)27-2)18-28(24,25)10-9-19-15(21)11-5-3-4-6-12(11)16(19)22/h3-6,13,18H,7-10H2,1-2H3/t13-/m1/s1. The number of benzene rings is 1. The predicted octanol–water partition coefficient (Wildman–Crippen LogP) is -0.303. The fourth-order valence-electron chi connectivity index (χ4n) is 2.66. The third kappa shape index (κ3) is 4.93. The molecule has 2 amide bonds. The van der Waals surface area contributed by atoms with Gasteiger partial charge in [-0.05, 0) is 18.6 Å². The first-order valence-electron chi connectivity index (χ1n) is 8.30. The van der Waals surface area contributed by atoms with Crippen molar-refractivity contribution in [2.45, 2.75) is 18.9 Å². The highest BCUT2D eigenvalue weighted by molar-refractivity contribution is 7.89. The Hall–Kier alpha value is -2.79. The van der Waals surface area contributed by atoms with Crippen molar-refractivity contribution in [1.29, 1.82) is 0 Å². The van der Waals surface area contributed by atoms with Gasteiger partial charge in [0, 0.05) is 13.0 Å². The number of rotatable bonds is 9. The Morgan fingerprint density at radius 2 is 1.64 bits per heavy atom. The molecule has 0 fully saturated rings. The van der Waals surface area contributed by atoms with Crippen molar-refractivity contribution in [3.63, 3.8) is 0 Å². The smallest absolute Gasteiger partial charge is 0.323 e. The number of amides is 2. The van der Waals surface area contributed by atoms with E-state index in [9.17, 15) is 27.6 Å². The van der Waals surface area contributed by atoms with E-state index in [1.807, 2.05) is 0 Å². The summed E-state index contributed by atoms with van der Waals surface area (Å²) in [4.78, 5) is 48.4. The van der Waals surface area contributed by atoms with Gasteiger partial charge in [0.1, 0.15) is 6.04 Å². The molecule has 10 nitrogen and oxygen atoms in total. The predicted molar refractivity (Wildman–Crippen MR) is 95.8 cm³/mol. The van der Waals surface area contributed by atoms with E-state index in [1.165, 1.54) is 19.2 Å². The van der Waals surface area contributed by atoms with E-state index >= 15 is 0 Å². The molecular weight excluding hydrogens is 392 g/mol. The zero-order valence-electron chi connectivity index (χ0n) is 15.3. The van der Waals surface area contributed by atoms with Gasteiger partial charge < -0.3 is 9.47 Å². The van der Waals surface area contributed by atoms with Crippen molar-refractivity contribution in [2.24, 2.45) is 0 Å². The van der Waals surface area contributed by atoms with Gasteiger partial charge in [0.05, 0.1) is 31.1 Å². The van der Waals surface area contributed by atoms with Crippen molar-refractivity contribution >= 4 is 33.8 Å². The number of ether oxygens (including phenoxy) is 2. The molecule has 1 N–H and O–H groups in total. The average Bonchev–Trinajstić information content (AvgIpc) is 2.93. The zero-order chi connectivity index (χ0) is 20.9. The molecule has 0 spiro atoms. The van der Waals surface area contributed by atoms with E-state index in [4.69, 9.17) is 0 Å². The highest BCUT2D eigenvalue weighted by Crippen LogP contribution is 2.22. The van der Waals surface area contributed by atoms with E-state index in [2.05, 4.69) is 14.2 Å². The molecule has 0 saturated heterocycles. The first kappa shape index (κ1) is 21.5. The largest absolute Gasteiger partial charge is 0.469 e. The van der Waals surface area contributed by atoms with Crippen LogP contribution in [0.1, 0.15) is 33.6 Å². The number of carbonyl (C=O) groups excluding carboxylic acids is 4. The van der Waals surface area contributed by atoms with Crippen LogP contribution in [0, 0.1) is 0 Å². The molecule has 2 rings (SSSR count). The Morgan fingerprint density at radius 1 is 1.07 bits per heavy atom. The van der Waals surface area contributed by atoms with E-state index in [1.54, 1.807) is 12.1 Å². The van der Waals surface area contributed by atoms with Gasteiger partial charge in [-0.1, -0.05) is 12.1 Å².